The molecule has 1 aliphatic carbocycles. The van der Waals surface area contributed by atoms with Gasteiger partial charge < -0.3 is 15.4 Å². The Kier molecular flexibility index (Phi) is 4.61. The smallest absolute Gasteiger partial charge is 0.149 e. The number of nitrogens with one attached hydrogen (secondary N) is 2. The maximum atomic E-state index is 14.5. The zero-order valence-electron chi connectivity index (χ0n) is 14.3. The summed E-state index contributed by atoms with van der Waals surface area (Å²) >= 11 is 0. The molecule has 1 aromatic carbocycles. The topological polar surface area (TPSA) is 33.3 Å². The van der Waals surface area contributed by atoms with Crippen LogP contribution >= 0.6 is 0 Å². The Labute approximate surface area is 147 Å². The Morgan fingerprint density at radius 3 is 2.88 bits per heavy atom. The third kappa shape index (κ3) is 3.11. The maximum absolute atomic E-state index is 14.5. The van der Waals surface area contributed by atoms with Crippen molar-refractivity contribution in [2.45, 2.75) is 37.5 Å². The minimum absolute atomic E-state index is 0.0750. The van der Waals surface area contributed by atoms with Crippen molar-refractivity contribution < 1.29 is 13.5 Å². The van der Waals surface area contributed by atoms with E-state index in [1.807, 2.05) is 13.1 Å². The van der Waals surface area contributed by atoms with Gasteiger partial charge in [-0.25, -0.2) is 8.78 Å². The molecule has 1 aromatic rings. The number of rotatable bonds is 3. The van der Waals surface area contributed by atoms with Gasteiger partial charge in [-0.2, -0.15) is 0 Å². The summed E-state index contributed by atoms with van der Waals surface area (Å²) in [4.78, 5) is 0. The van der Waals surface area contributed by atoms with Crippen LogP contribution in [0.5, 0.6) is 0 Å². The van der Waals surface area contributed by atoms with Crippen molar-refractivity contribution in [3.8, 4) is 0 Å². The summed E-state index contributed by atoms with van der Waals surface area (Å²) < 4.78 is 34.6. The van der Waals surface area contributed by atoms with E-state index in [1.165, 1.54) is 6.07 Å². The molecule has 0 saturated carbocycles. The number of hydrogen-bond acceptors (Lipinski definition) is 3. The zero-order chi connectivity index (χ0) is 17.4. The molecular formula is C20H24F2N2O. The maximum Gasteiger partial charge on any atom is 0.149 e. The minimum atomic E-state index is -0.546. The SMILES string of the molecule is CNC[C@H]1CC[C@@H]2[C@H](O1)c1cc(F)cc(F)c1N[C@H]2C1C=CC=CC1. The van der Waals surface area contributed by atoms with Crippen LogP contribution in [0.25, 0.3) is 0 Å². The number of halogens is 2. The van der Waals surface area contributed by atoms with Gasteiger partial charge in [0, 0.05) is 36.1 Å². The summed E-state index contributed by atoms with van der Waals surface area (Å²) in [6, 6.07) is 2.47. The van der Waals surface area contributed by atoms with Gasteiger partial charge in [0.05, 0.1) is 17.9 Å². The predicted molar refractivity (Wildman–Crippen MR) is 94.4 cm³/mol. The molecule has 2 heterocycles. The first-order chi connectivity index (χ1) is 12.2. The first kappa shape index (κ1) is 16.7. The number of ether oxygens (including phenoxy) is 1. The highest BCUT2D eigenvalue weighted by Gasteiger charge is 2.44. The van der Waals surface area contributed by atoms with Crippen molar-refractivity contribution in [1.82, 2.24) is 5.32 Å². The van der Waals surface area contributed by atoms with E-state index in [4.69, 9.17) is 4.74 Å². The van der Waals surface area contributed by atoms with Gasteiger partial charge in [0.15, 0.2) is 0 Å². The first-order valence-electron chi connectivity index (χ1n) is 9.06. The van der Waals surface area contributed by atoms with E-state index in [1.54, 1.807) is 0 Å². The van der Waals surface area contributed by atoms with Crippen LogP contribution in [-0.2, 0) is 4.74 Å². The Morgan fingerprint density at radius 1 is 1.24 bits per heavy atom. The minimum Gasteiger partial charge on any atom is -0.379 e. The Balaban J connectivity index is 1.71. The summed E-state index contributed by atoms with van der Waals surface area (Å²) in [5, 5.41) is 6.53. The van der Waals surface area contributed by atoms with Crippen molar-refractivity contribution in [3.05, 3.63) is 53.6 Å². The average Bonchev–Trinajstić information content (AvgIpc) is 2.62. The van der Waals surface area contributed by atoms with Crippen LogP contribution in [0.2, 0.25) is 0 Å². The highest BCUT2D eigenvalue weighted by atomic mass is 19.1. The van der Waals surface area contributed by atoms with Gasteiger partial charge in [-0.1, -0.05) is 24.3 Å². The number of fused-ring (bicyclic) bond motifs is 3. The molecule has 5 atom stereocenters. The molecule has 0 aromatic heterocycles. The van der Waals surface area contributed by atoms with Gasteiger partial charge in [0.25, 0.3) is 0 Å². The van der Waals surface area contributed by atoms with E-state index >= 15 is 0 Å². The van der Waals surface area contributed by atoms with Crippen LogP contribution < -0.4 is 10.6 Å². The van der Waals surface area contributed by atoms with E-state index in [9.17, 15) is 8.78 Å². The molecule has 0 amide bonds. The van der Waals surface area contributed by atoms with E-state index < -0.39 is 11.6 Å². The molecule has 0 radical (unpaired) electrons. The molecule has 2 aliphatic heterocycles. The quantitative estimate of drug-likeness (QED) is 0.870. The molecule has 2 N–H and O–H groups in total. The van der Waals surface area contributed by atoms with Gasteiger partial charge in [-0.05, 0) is 32.4 Å². The summed E-state index contributed by atoms with van der Waals surface area (Å²) in [6.07, 6.45) is 11.1. The molecule has 1 fully saturated rings. The fourth-order valence-corrected chi connectivity index (χ4v) is 4.49. The normalized spacial score (nSPS) is 33.5. The van der Waals surface area contributed by atoms with Crippen molar-refractivity contribution in [2.24, 2.45) is 11.8 Å². The second kappa shape index (κ2) is 6.89. The van der Waals surface area contributed by atoms with Gasteiger partial charge in [0.2, 0.25) is 0 Å². The molecule has 1 saturated heterocycles. The van der Waals surface area contributed by atoms with Crippen molar-refractivity contribution in [3.63, 3.8) is 0 Å². The highest BCUT2D eigenvalue weighted by molar-refractivity contribution is 5.57. The van der Waals surface area contributed by atoms with E-state index in [-0.39, 0.29) is 24.2 Å². The molecular weight excluding hydrogens is 322 g/mol. The van der Waals surface area contributed by atoms with Gasteiger partial charge in [-0.3, -0.25) is 0 Å². The Hall–Kier alpha value is -1.72. The Morgan fingerprint density at radius 2 is 2.12 bits per heavy atom. The average molecular weight is 346 g/mol. The number of hydrogen-bond donors (Lipinski definition) is 2. The number of likely N-dealkylation sites (N-methyl/N-ethyl adjacent to an activating group) is 1. The summed E-state index contributed by atoms with van der Waals surface area (Å²) in [5.74, 6) is -0.578. The lowest BCUT2D eigenvalue weighted by molar-refractivity contribution is -0.0936. The number of anilines is 1. The number of benzene rings is 1. The van der Waals surface area contributed by atoms with Crippen LogP contribution in [0, 0.1) is 23.5 Å². The molecule has 0 bridgehead atoms. The molecule has 1 unspecified atom stereocenters. The standard InChI is InChI=1S/C20H24F2N2O/c1-23-11-14-7-8-15-18(12-5-3-2-4-6-12)24-19-16(20(15)25-14)9-13(21)10-17(19)22/h2-5,9-10,12,14-15,18,20,23-24H,6-8,11H2,1H3/t12?,14-,15+,18+,20+/m1/s1. The predicted octanol–water partition coefficient (Wildman–Crippen LogP) is 3.95. The molecule has 25 heavy (non-hydrogen) atoms. The molecule has 5 heteroatoms. The van der Waals surface area contributed by atoms with E-state index in [2.05, 4.69) is 28.9 Å². The monoisotopic (exact) mass is 346 g/mol. The lowest BCUT2D eigenvalue weighted by Gasteiger charge is -2.47. The van der Waals surface area contributed by atoms with Gasteiger partial charge in [0.1, 0.15) is 11.6 Å². The van der Waals surface area contributed by atoms with Crippen molar-refractivity contribution >= 4 is 5.69 Å². The lowest BCUT2D eigenvalue weighted by Crippen LogP contribution is -2.48. The molecule has 4 rings (SSSR count). The summed E-state index contributed by atoms with van der Waals surface area (Å²) in [5.41, 5.74) is 1.02. The second-order valence-electron chi connectivity index (χ2n) is 7.21. The van der Waals surface area contributed by atoms with Crippen molar-refractivity contribution in [1.29, 1.82) is 0 Å². The largest absolute Gasteiger partial charge is 0.379 e. The van der Waals surface area contributed by atoms with Gasteiger partial charge in [-0.15, -0.1) is 0 Å². The molecule has 3 nitrogen and oxygen atoms in total. The van der Waals surface area contributed by atoms with E-state index in [0.29, 0.717) is 17.2 Å². The summed E-state index contributed by atoms with van der Waals surface area (Å²) in [7, 11) is 1.90. The Bertz CT molecular complexity index is 703. The van der Waals surface area contributed by atoms with Crippen LogP contribution in [0.3, 0.4) is 0 Å². The fraction of sp³-hybridized carbons (Fsp3) is 0.500. The molecule has 0 spiro atoms. The van der Waals surface area contributed by atoms with E-state index in [0.717, 1.165) is 31.9 Å². The van der Waals surface area contributed by atoms with Crippen molar-refractivity contribution in [2.75, 3.05) is 18.9 Å². The number of allylic oxidation sites excluding steroid dienone is 3. The van der Waals surface area contributed by atoms with Crippen LogP contribution in [0.15, 0.2) is 36.4 Å². The highest BCUT2D eigenvalue weighted by Crippen LogP contribution is 2.48. The first-order valence-corrected chi connectivity index (χ1v) is 9.06. The zero-order valence-corrected chi connectivity index (χ0v) is 14.3. The lowest BCUT2D eigenvalue weighted by atomic mass is 9.73. The van der Waals surface area contributed by atoms with Crippen LogP contribution in [0.4, 0.5) is 14.5 Å². The second-order valence-corrected chi connectivity index (χ2v) is 7.21. The third-order valence-corrected chi connectivity index (χ3v) is 5.62. The van der Waals surface area contributed by atoms with Crippen LogP contribution in [0.1, 0.15) is 30.9 Å². The van der Waals surface area contributed by atoms with Crippen LogP contribution in [-0.4, -0.2) is 25.7 Å². The molecule has 134 valence electrons. The molecule has 3 aliphatic rings. The third-order valence-electron chi connectivity index (χ3n) is 5.62. The fourth-order valence-electron chi connectivity index (χ4n) is 4.49. The summed E-state index contributed by atoms with van der Waals surface area (Å²) in [6.45, 7) is 0.751. The van der Waals surface area contributed by atoms with Gasteiger partial charge >= 0.3 is 0 Å².